The minimum Gasteiger partial charge on any atom is -0.463 e. The number of nitrogen functional groups attached to an aromatic ring is 1. The molecular weight excluding hydrogens is 447 g/mol. The van der Waals surface area contributed by atoms with Crippen LogP contribution in [-0.2, 0) is 6.54 Å². The number of halogens is 3. The molecule has 0 bridgehead atoms. The van der Waals surface area contributed by atoms with Crippen LogP contribution in [0.4, 0.5) is 17.3 Å². The molecule has 1 aliphatic heterocycles. The van der Waals surface area contributed by atoms with Crippen LogP contribution in [0.3, 0.4) is 0 Å². The van der Waals surface area contributed by atoms with Crippen LogP contribution in [-0.4, -0.2) is 31.4 Å². The van der Waals surface area contributed by atoms with Gasteiger partial charge in [-0.15, -0.1) is 0 Å². The summed E-state index contributed by atoms with van der Waals surface area (Å²) in [4.78, 5) is 14.1. The van der Waals surface area contributed by atoms with E-state index in [9.17, 15) is 5.11 Å². The zero-order chi connectivity index (χ0) is 18.9. The number of fused-ring (bicyclic) bond motifs is 1. The predicted octanol–water partition coefficient (Wildman–Crippen LogP) is 3.37. The molecule has 0 radical (unpaired) electrons. The van der Waals surface area contributed by atoms with Gasteiger partial charge in [-0.2, -0.15) is 9.97 Å². The Morgan fingerprint density at radius 3 is 2.88 bits per heavy atom. The summed E-state index contributed by atoms with van der Waals surface area (Å²) in [5, 5.41) is 14.1. The summed E-state index contributed by atoms with van der Waals surface area (Å²) < 4.78 is 3.94. The third-order valence-electron chi connectivity index (χ3n) is 3.72. The second-order valence-corrected chi connectivity index (χ2v) is 7.58. The second kappa shape index (κ2) is 7.59. The van der Waals surface area contributed by atoms with Gasteiger partial charge >= 0.3 is 6.01 Å². The molecule has 0 aliphatic carbocycles. The molecule has 0 saturated carbocycles. The van der Waals surface area contributed by atoms with Crippen molar-refractivity contribution in [2.24, 2.45) is 0 Å². The van der Waals surface area contributed by atoms with Crippen LogP contribution in [0.25, 0.3) is 0 Å². The van der Waals surface area contributed by atoms with Crippen LogP contribution in [0.15, 0.2) is 12.3 Å². The number of rotatable bonds is 6. The van der Waals surface area contributed by atoms with E-state index in [0.717, 1.165) is 18.4 Å². The first-order valence-electron chi connectivity index (χ1n) is 7.89. The second-order valence-electron chi connectivity index (χ2n) is 5.71. The highest BCUT2D eigenvalue weighted by atomic mass is 79.9. The maximum atomic E-state index is 10.7. The quantitative estimate of drug-likeness (QED) is 0.259. The lowest BCUT2D eigenvalue weighted by Gasteiger charge is -2.29. The lowest BCUT2D eigenvalue weighted by Crippen LogP contribution is -2.45. The van der Waals surface area contributed by atoms with Crippen molar-refractivity contribution in [3.63, 3.8) is 0 Å². The molecule has 0 saturated heterocycles. The highest BCUT2D eigenvalue weighted by Gasteiger charge is 2.43. The van der Waals surface area contributed by atoms with E-state index in [1.54, 1.807) is 17.2 Å². The van der Waals surface area contributed by atoms with Gasteiger partial charge in [0.1, 0.15) is 10.8 Å². The number of hydrogen-bond donors (Lipinski definition) is 3. The number of ether oxygens (including phenoxy) is 1. The van der Waals surface area contributed by atoms with Gasteiger partial charge < -0.3 is 20.9 Å². The summed E-state index contributed by atoms with van der Waals surface area (Å²) in [7, 11) is 0. The zero-order valence-electron chi connectivity index (χ0n) is 13.8. The number of unbranched alkanes of at least 4 members (excludes halogenated alkanes) is 1. The lowest BCUT2D eigenvalue weighted by atomic mass is 10.2. The zero-order valence-corrected chi connectivity index (χ0v) is 16.9. The molecule has 1 unspecified atom stereocenters. The van der Waals surface area contributed by atoms with Crippen molar-refractivity contribution in [3.05, 3.63) is 28.0 Å². The van der Waals surface area contributed by atoms with E-state index in [0.29, 0.717) is 23.1 Å². The van der Waals surface area contributed by atoms with Crippen molar-refractivity contribution in [3.8, 4) is 6.01 Å². The molecule has 0 spiro atoms. The minimum absolute atomic E-state index is 0.152. The van der Waals surface area contributed by atoms with E-state index < -0.39 is 4.76 Å². The average molecular weight is 464 g/mol. The monoisotopic (exact) mass is 462 g/mol. The number of hydrogen-bond acceptors (Lipinski definition) is 8. The summed E-state index contributed by atoms with van der Waals surface area (Å²) in [5.74, 6) is 0.573. The first-order chi connectivity index (χ1) is 12.3. The normalized spacial score (nSPS) is 18.6. The first-order valence-corrected chi connectivity index (χ1v) is 9.44. The average Bonchev–Trinajstić information content (AvgIpc) is 2.83. The summed E-state index contributed by atoms with van der Waals surface area (Å²) >= 11 is 15.1. The Bertz CT molecular complexity index is 823. The number of nitrogens with zero attached hydrogens (tertiary/aromatic N) is 4. The number of alkyl halides is 1. The SMILES string of the molecule is CCCCOc1nc(N)c2c(n1)N(Cc1cnc(Cl)c(Cl)c1)C(O)(Br)N2. The van der Waals surface area contributed by atoms with Crippen molar-refractivity contribution < 1.29 is 9.84 Å². The van der Waals surface area contributed by atoms with Crippen LogP contribution >= 0.6 is 39.1 Å². The molecule has 140 valence electrons. The van der Waals surface area contributed by atoms with Gasteiger partial charge in [-0.05, 0) is 34.0 Å². The Hall–Kier alpha value is -1.55. The van der Waals surface area contributed by atoms with Gasteiger partial charge in [0.05, 0.1) is 18.2 Å². The number of nitrogens with one attached hydrogen (secondary N) is 1. The fourth-order valence-corrected chi connectivity index (χ4v) is 3.19. The van der Waals surface area contributed by atoms with Gasteiger partial charge in [0.25, 0.3) is 4.76 Å². The van der Waals surface area contributed by atoms with Crippen molar-refractivity contribution in [2.75, 3.05) is 22.6 Å². The molecule has 3 heterocycles. The number of anilines is 3. The van der Waals surface area contributed by atoms with Crippen LogP contribution in [0, 0.1) is 0 Å². The highest BCUT2D eigenvalue weighted by molar-refractivity contribution is 9.10. The molecular formula is C15H17BrCl2N6O2. The Morgan fingerprint density at radius 2 is 2.19 bits per heavy atom. The van der Waals surface area contributed by atoms with Gasteiger partial charge in [0, 0.05) is 6.20 Å². The van der Waals surface area contributed by atoms with Crippen molar-refractivity contribution in [2.45, 2.75) is 31.1 Å². The highest BCUT2D eigenvalue weighted by Crippen LogP contribution is 2.44. The van der Waals surface area contributed by atoms with Crippen LogP contribution in [0.1, 0.15) is 25.3 Å². The van der Waals surface area contributed by atoms with Gasteiger partial charge in [0.2, 0.25) is 0 Å². The van der Waals surface area contributed by atoms with E-state index in [2.05, 4.69) is 43.1 Å². The summed E-state index contributed by atoms with van der Waals surface area (Å²) in [6.45, 7) is 2.77. The number of pyridine rings is 1. The molecule has 26 heavy (non-hydrogen) atoms. The maximum Gasteiger partial charge on any atom is 0.320 e. The topological polar surface area (TPSA) is 109 Å². The molecule has 4 N–H and O–H groups in total. The molecule has 1 aliphatic rings. The summed E-state index contributed by atoms with van der Waals surface area (Å²) in [6.07, 6.45) is 3.43. The molecule has 0 aromatic carbocycles. The molecule has 2 aromatic rings. The van der Waals surface area contributed by atoms with Crippen molar-refractivity contribution in [1.29, 1.82) is 0 Å². The van der Waals surface area contributed by atoms with E-state index in [4.69, 9.17) is 33.7 Å². The molecule has 1 atom stereocenters. The number of aliphatic hydroxyl groups is 1. The molecule has 0 amide bonds. The summed E-state index contributed by atoms with van der Waals surface area (Å²) in [6, 6.07) is 1.82. The third kappa shape index (κ3) is 3.90. The van der Waals surface area contributed by atoms with Gasteiger partial charge in [-0.3, -0.25) is 4.90 Å². The fourth-order valence-electron chi connectivity index (χ4n) is 2.41. The largest absolute Gasteiger partial charge is 0.463 e. The molecule has 3 rings (SSSR count). The maximum absolute atomic E-state index is 10.7. The number of nitrogens with two attached hydrogens (primary N) is 1. The number of aromatic nitrogens is 3. The molecule has 8 nitrogen and oxygen atoms in total. The van der Waals surface area contributed by atoms with E-state index in [1.165, 1.54) is 0 Å². The van der Waals surface area contributed by atoms with E-state index in [-0.39, 0.29) is 23.5 Å². The minimum atomic E-state index is -1.60. The predicted molar refractivity (Wildman–Crippen MR) is 105 cm³/mol. The Labute approximate surface area is 168 Å². The molecule has 2 aromatic heterocycles. The standard InChI is InChI=1S/C15H17BrCl2N6O2/c1-2-3-4-26-14-21-12(19)10-13(22-14)24(15(16,25)23-10)7-8-5-9(17)11(18)20-6-8/h5-6,23,25H,2-4,7H2,1H3,(H2,19,21,22). The Morgan fingerprint density at radius 1 is 1.42 bits per heavy atom. The van der Waals surface area contributed by atoms with Crippen LogP contribution in [0.2, 0.25) is 10.2 Å². The van der Waals surface area contributed by atoms with Crippen molar-refractivity contribution in [1.82, 2.24) is 15.0 Å². The van der Waals surface area contributed by atoms with Crippen molar-refractivity contribution >= 4 is 56.5 Å². The third-order valence-corrected chi connectivity index (χ3v) is 5.03. The Kier molecular flexibility index (Phi) is 5.61. The smallest absolute Gasteiger partial charge is 0.320 e. The van der Waals surface area contributed by atoms with Gasteiger partial charge in [0.15, 0.2) is 11.6 Å². The van der Waals surface area contributed by atoms with Crippen LogP contribution < -0.4 is 20.7 Å². The molecule has 0 fully saturated rings. The Balaban J connectivity index is 1.92. The molecule has 11 heteroatoms. The van der Waals surface area contributed by atoms with Gasteiger partial charge in [-0.25, -0.2) is 4.98 Å². The first kappa shape index (κ1) is 19.2. The van der Waals surface area contributed by atoms with Crippen LogP contribution in [0.5, 0.6) is 6.01 Å². The lowest BCUT2D eigenvalue weighted by molar-refractivity contribution is 0.173. The van der Waals surface area contributed by atoms with E-state index in [1.807, 2.05) is 0 Å². The summed E-state index contributed by atoms with van der Waals surface area (Å²) in [5.41, 5.74) is 7.12. The van der Waals surface area contributed by atoms with E-state index >= 15 is 0 Å². The van der Waals surface area contributed by atoms with Gasteiger partial charge in [-0.1, -0.05) is 36.5 Å². The fraction of sp³-hybridized carbons (Fsp3) is 0.400.